The molecule has 0 saturated carbocycles. The van der Waals surface area contributed by atoms with Gasteiger partial charge in [-0.25, -0.2) is 0 Å². The van der Waals surface area contributed by atoms with Crippen LogP contribution in [0.15, 0.2) is 24.3 Å². The molecule has 0 aliphatic rings. The molecule has 0 unspecified atom stereocenters. The second kappa shape index (κ2) is 6.42. The van der Waals surface area contributed by atoms with Crippen molar-refractivity contribution >= 4 is 18.0 Å². The van der Waals surface area contributed by atoms with Gasteiger partial charge in [-0.05, 0) is 13.0 Å². The van der Waals surface area contributed by atoms with Gasteiger partial charge >= 0.3 is 0 Å². The highest BCUT2D eigenvalue weighted by Gasteiger charge is 2.09. The number of carbonyl (C=O) groups excluding carboxylic acids is 1. The molecule has 0 aliphatic carbocycles. The van der Waals surface area contributed by atoms with Crippen molar-refractivity contribution < 1.29 is 14.5 Å². The smallest absolute Gasteiger partial charge is 0.270 e. The van der Waals surface area contributed by atoms with E-state index in [2.05, 4.69) is 0 Å². The molecule has 0 fully saturated rings. The highest BCUT2D eigenvalue weighted by molar-refractivity contribution is 5.63. The van der Waals surface area contributed by atoms with Crippen LogP contribution in [0.5, 0.6) is 5.75 Å². The Morgan fingerprint density at radius 3 is 2.82 bits per heavy atom. The van der Waals surface area contributed by atoms with Gasteiger partial charge in [0.2, 0.25) is 0 Å². The fourth-order valence-electron chi connectivity index (χ4n) is 1.32. The minimum atomic E-state index is -0.465. The SMILES string of the molecule is CCOc1ccc([N+](=O)[O-])cc1C=CCC=O. The Morgan fingerprint density at radius 1 is 1.47 bits per heavy atom. The zero-order valence-corrected chi connectivity index (χ0v) is 9.46. The Morgan fingerprint density at radius 2 is 2.24 bits per heavy atom. The van der Waals surface area contributed by atoms with Gasteiger partial charge in [0.05, 0.1) is 11.5 Å². The van der Waals surface area contributed by atoms with E-state index in [1.807, 2.05) is 6.92 Å². The number of allylic oxidation sites excluding steroid dienone is 1. The molecular formula is C12H13NO4. The fourth-order valence-corrected chi connectivity index (χ4v) is 1.32. The average molecular weight is 235 g/mol. The fraction of sp³-hybridized carbons (Fsp3) is 0.250. The van der Waals surface area contributed by atoms with Gasteiger partial charge in [-0.1, -0.05) is 12.2 Å². The first-order valence-corrected chi connectivity index (χ1v) is 5.20. The van der Waals surface area contributed by atoms with Crippen LogP contribution < -0.4 is 4.74 Å². The number of ether oxygens (including phenoxy) is 1. The Hall–Kier alpha value is -2.17. The molecule has 1 aromatic rings. The molecule has 5 heteroatoms. The van der Waals surface area contributed by atoms with E-state index < -0.39 is 4.92 Å². The van der Waals surface area contributed by atoms with Gasteiger partial charge in [0.1, 0.15) is 12.0 Å². The van der Waals surface area contributed by atoms with Crippen LogP contribution in [0.1, 0.15) is 18.9 Å². The number of nitro benzene ring substituents is 1. The van der Waals surface area contributed by atoms with E-state index in [9.17, 15) is 14.9 Å². The number of aldehydes is 1. The summed E-state index contributed by atoms with van der Waals surface area (Å²) in [6.07, 6.45) is 4.31. The van der Waals surface area contributed by atoms with Gasteiger partial charge in [0.15, 0.2) is 0 Å². The molecule has 0 atom stereocenters. The number of nitro groups is 1. The zero-order chi connectivity index (χ0) is 12.7. The lowest BCUT2D eigenvalue weighted by atomic mass is 10.1. The third-order valence-corrected chi connectivity index (χ3v) is 2.03. The maximum Gasteiger partial charge on any atom is 0.270 e. The molecule has 17 heavy (non-hydrogen) atoms. The molecule has 5 nitrogen and oxygen atoms in total. The molecule has 0 aliphatic heterocycles. The standard InChI is InChI=1S/C12H13NO4/c1-2-17-12-7-6-11(13(15)16)9-10(12)5-3-4-8-14/h3,5-9H,2,4H2,1H3. The van der Waals surface area contributed by atoms with Crippen molar-refractivity contribution in [2.75, 3.05) is 6.61 Å². The quantitative estimate of drug-likeness (QED) is 0.431. The van der Waals surface area contributed by atoms with E-state index in [0.717, 1.165) is 6.29 Å². The summed E-state index contributed by atoms with van der Waals surface area (Å²) in [5.41, 5.74) is 0.599. The largest absolute Gasteiger partial charge is 0.493 e. The van der Waals surface area contributed by atoms with Crippen LogP contribution in [0.2, 0.25) is 0 Å². The van der Waals surface area contributed by atoms with Crippen molar-refractivity contribution in [1.82, 2.24) is 0 Å². The van der Waals surface area contributed by atoms with Crippen LogP contribution in [-0.2, 0) is 4.79 Å². The molecule has 0 saturated heterocycles. The lowest BCUT2D eigenvalue weighted by Gasteiger charge is -2.06. The molecule has 0 N–H and O–H groups in total. The zero-order valence-electron chi connectivity index (χ0n) is 9.46. The molecule has 1 aromatic carbocycles. The number of rotatable bonds is 6. The minimum absolute atomic E-state index is 0.000735. The third-order valence-electron chi connectivity index (χ3n) is 2.03. The molecule has 0 heterocycles. The summed E-state index contributed by atoms with van der Waals surface area (Å²) in [6, 6.07) is 4.37. The van der Waals surface area contributed by atoms with Gasteiger partial charge in [0.25, 0.3) is 5.69 Å². The van der Waals surface area contributed by atoms with Gasteiger partial charge in [-0.2, -0.15) is 0 Å². The summed E-state index contributed by atoms with van der Waals surface area (Å²) in [7, 11) is 0. The van der Waals surface area contributed by atoms with Crippen molar-refractivity contribution in [3.8, 4) is 5.75 Å². The first-order valence-electron chi connectivity index (χ1n) is 5.20. The van der Waals surface area contributed by atoms with Crippen LogP contribution in [0.4, 0.5) is 5.69 Å². The number of carbonyl (C=O) groups is 1. The average Bonchev–Trinajstić information content (AvgIpc) is 2.31. The summed E-state index contributed by atoms with van der Waals surface area (Å²) in [4.78, 5) is 20.4. The lowest BCUT2D eigenvalue weighted by Crippen LogP contribution is -1.95. The maximum absolute atomic E-state index is 10.6. The molecule has 0 spiro atoms. The molecule has 0 bridgehead atoms. The van der Waals surface area contributed by atoms with E-state index in [1.54, 1.807) is 18.2 Å². The number of benzene rings is 1. The van der Waals surface area contributed by atoms with Crippen LogP contribution in [0.25, 0.3) is 6.08 Å². The minimum Gasteiger partial charge on any atom is -0.493 e. The Balaban J connectivity index is 3.05. The second-order valence-electron chi connectivity index (χ2n) is 3.22. The number of non-ortho nitro benzene ring substituents is 1. The summed E-state index contributed by atoms with van der Waals surface area (Å²) in [5.74, 6) is 0.570. The number of nitrogens with zero attached hydrogens (tertiary/aromatic N) is 1. The Kier molecular flexibility index (Phi) is 4.87. The van der Waals surface area contributed by atoms with Crippen LogP contribution in [0.3, 0.4) is 0 Å². The van der Waals surface area contributed by atoms with Crippen molar-refractivity contribution in [2.45, 2.75) is 13.3 Å². The van der Waals surface area contributed by atoms with Crippen LogP contribution in [0, 0.1) is 10.1 Å². The summed E-state index contributed by atoms with van der Waals surface area (Å²) in [5, 5.41) is 10.6. The summed E-state index contributed by atoms with van der Waals surface area (Å²) < 4.78 is 5.34. The molecule has 0 radical (unpaired) electrons. The Bertz CT molecular complexity index is 440. The second-order valence-corrected chi connectivity index (χ2v) is 3.22. The maximum atomic E-state index is 10.6. The monoisotopic (exact) mass is 235 g/mol. The van der Waals surface area contributed by atoms with Crippen molar-refractivity contribution in [1.29, 1.82) is 0 Å². The summed E-state index contributed by atoms with van der Waals surface area (Å²) in [6.45, 7) is 2.31. The Labute approximate surface area is 98.9 Å². The molecule has 90 valence electrons. The van der Waals surface area contributed by atoms with E-state index in [1.165, 1.54) is 12.1 Å². The van der Waals surface area contributed by atoms with Crippen molar-refractivity contribution in [2.24, 2.45) is 0 Å². The molecular weight excluding hydrogens is 222 g/mol. The lowest BCUT2D eigenvalue weighted by molar-refractivity contribution is -0.384. The molecule has 0 amide bonds. The first-order chi connectivity index (χ1) is 8.19. The number of hydrogen-bond donors (Lipinski definition) is 0. The van der Waals surface area contributed by atoms with E-state index >= 15 is 0 Å². The van der Waals surface area contributed by atoms with E-state index in [0.29, 0.717) is 17.9 Å². The van der Waals surface area contributed by atoms with Gasteiger partial charge in [-0.15, -0.1) is 0 Å². The molecule has 0 aromatic heterocycles. The van der Waals surface area contributed by atoms with Gasteiger partial charge in [-0.3, -0.25) is 10.1 Å². The first kappa shape index (κ1) is 12.9. The van der Waals surface area contributed by atoms with Gasteiger partial charge in [0, 0.05) is 24.1 Å². The predicted octanol–water partition coefficient (Wildman–Crippen LogP) is 2.60. The van der Waals surface area contributed by atoms with Gasteiger partial charge < -0.3 is 9.53 Å². The topological polar surface area (TPSA) is 69.4 Å². The van der Waals surface area contributed by atoms with Crippen LogP contribution >= 0.6 is 0 Å². The van der Waals surface area contributed by atoms with Crippen molar-refractivity contribution in [3.63, 3.8) is 0 Å². The highest BCUT2D eigenvalue weighted by Crippen LogP contribution is 2.25. The third kappa shape index (κ3) is 3.71. The number of hydrogen-bond acceptors (Lipinski definition) is 4. The highest BCUT2D eigenvalue weighted by atomic mass is 16.6. The van der Waals surface area contributed by atoms with Crippen LogP contribution in [-0.4, -0.2) is 17.8 Å². The van der Waals surface area contributed by atoms with Crippen molar-refractivity contribution in [3.05, 3.63) is 40.0 Å². The summed E-state index contributed by atoms with van der Waals surface area (Å²) >= 11 is 0. The normalized spacial score (nSPS) is 10.4. The predicted molar refractivity (Wildman–Crippen MR) is 64.0 cm³/mol. The van der Waals surface area contributed by atoms with E-state index in [-0.39, 0.29) is 12.1 Å². The molecule has 1 rings (SSSR count). The van der Waals surface area contributed by atoms with E-state index in [4.69, 9.17) is 4.74 Å².